The zero-order valence-electron chi connectivity index (χ0n) is 21.3. The number of carbonyl (C=O) groups is 2. The third-order valence-electron chi connectivity index (χ3n) is 6.03. The Morgan fingerprint density at radius 1 is 1.11 bits per heavy atom. The Balaban J connectivity index is 1.66. The summed E-state index contributed by atoms with van der Waals surface area (Å²) in [7, 11) is 2.91. The molecule has 0 saturated heterocycles. The molecule has 194 valence electrons. The Hall–Kier alpha value is -4.18. The average Bonchev–Trinajstić information content (AvgIpc) is 3.53. The van der Waals surface area contributed by atoms with Crippen LogP contribution >= 0.6 is 0 Å². The van der Waals surface area contributed by atoms with Crippen molar-refractivity contribution in [2.45, 2.75) is 38.9 Å². The highest BCUT2D eigenvalue weighted by Gasteiger charge is 2.26. The Morgan fingerprint density at radius 3 is 2.62 bits per heavy atom. The average molecular weight is 505 g/mol. The number of hydrogen-bond donors (Lipinski definition) is 2. The van der Waals surface area contributed by atoms with Crippen LogP contribution in [0.15, 0.2) is 61.1 Å². The van der Waals surface area contributed by atoms with E-state index in [0.29, 0.717) is 29.9 Å². The van der Waals surface area contributed by atoms with Crippen LogP contribution in [0.4, 0.5) is 11.4 Å². The Kier molecular flexibility index (Phi) is 8.52. The third kappa shape index (κ3) is 6.34. The van der Waals surface area contributed by atoms with Gasteiger partial charge < -0.3 is 24.7 Å². The van der Waals surface area contributed by atoms with E-state index in [1.165, 1.54) is 7.11 Å². The predicted molar refractivity (Wildman–Crippen MR) is 142 cm³/mol. The number of hydrogen-bond acceptors (Lipinski definition) is 7. The molecule has 0 aliphatic heterocycles. The number of anilines is 2. The van der Waals surface area contributed by atoms with Crippen LogP contribution in [0.1, 0.15) is 29.4 Å². The molecule has 0 unspecified atom stereocenters. The number of fused-ring (bicyclic) bond motifs is 1. The second kappa shape index (κ2) is 12.2. The molecular weight excluding hydrogens is 472 g/mol. The zero-order chi connectivity index (χ0) is 26.2. The maximum absolute atomic E-state index is 13.0. The molecule has 1 aromatic carbocycles. The fourth-order valence-electron chi connectivity index (χ4n) is 4.22. The van der Waals surface area contributed by atoms with Gasteiger partial charge in [0.15, 0.2) is 5.69 Å². The summed E-state index contributed by atoms with van der Waals surface area (Å²) in [4.78, 5) is 30.6. The van der Waals surface area contributed by atoms with Gasteiger partial charge in [-0.05, 0) is 31.0 Å². The number of methoxy groups -OCH3 is 2. The van der Waals surface area contributed by atoms with Crippen LogP contribution in [0, 0.1) is 0 Å². The van der Waals surface area contributed by atoms with Gasteiger partial charge in [0, 0.05) is 44.0 Å². The number of benzene rings is 1. The van der Waals surface area contributed by atoms with Gasteiger partial charge in [0.2, 0.25) is 5.91 Å². The maximum atomic E-state index is 13.0. The smallest absolute Gasteiger partial charge is 0.356 e. The number of carbonyl (C=O) groups excluding carboxylic acids is 2. The van der Waals surface area contributed by atoms with Crippen molar-refractivity contribution in [2.24, 2.45) is 0 Å². The molecule has 4 rings (SSSR count). The SMILES string of the molecule is COCCn1c(C(=O)OC)c(NC(=O)Cc2ccccc2)c2cc(N[C@@H](C)CCn3cccn3)cnc21. The second-order valence-corrected chi connectivity index (χ2v) is 8.77. The van der Waals surface area contributed by atoms with Crippen LogP contribution in [0.2, 0.25) is 0 Å². The number of amides is 1. The molecule has 0 aliphatic rings. The van der Waals surface area contributed by atoms with Gasteiger partial charge in [-0.2, -0.15) is 5.10 Å². The van der Waals surface area contributed by atoms with Crippen molar-refractivity contribution in [3.8, 4) is 0 Å². The highest BCUT2D eigenvalue weighted by Crippen LogP contribution is 2.33. The number of ether oxygens (including phenoxy) is 2. The summed E-state index contributed by atoms with van der Waals surface area (Å²) in [6, 6.07) is 13.4. The lowest BCUT2D eigenvalue weighted by Gasteiger charge is -2.15. The molecule has 4 aromatic rings. The molecule has 0 bridgehead atoms. The number of aryl methyl sites for hydroxylation is 1. The molecule has 0 spiro atoms. The quantitative estimate of drug-likeness (QED) is 0.283. The summed E-state index contributed by atoms with van der Waals surface area (Å²) in [5.74, 6) is -0.806. The second-order valence-electron chi connectivity index (χ2n) is 8.77. The van der Waals surface area contributed by atoms with Crippen LogP contribution in [0.5, 0.6) is 0 Å². The highest BCUT2D eigenvalue weighted by molar-refractivity contribution is 6.11. The van der Waals surface area contributed by atoms with E-state index in [4.69, 9.17) is 9.47 Å². The summed E-state index contributed by atoms with van der Waals surface area (Å²) in [6.45, 7) is 3.58. The number of esters is 1. The van der Waals surface area contributed by atoms with E-state index < -0.39 is 5.97 Å². The Bertz CT molecular complexity index is 1330. The molecule has 37 heavy (non-hydrogen) atoms. The zero-order valence-corrected chi connectivity index (χ0v) is 21.3. The fraction of sp³-hybridized carbons (Fsp3) is 0.333. The summed E-state index contributed by atoms with van der Waals surface area (Å²) in [5.41, 5.74) is 2.81. The van der Waals surface area contributed by atoms with Crippen LogP contribution < -0.4 is 10.6 Å². The lowest BCUT2D eigenvalue weighted by Crippen LogP contribution is -2.19. The molecular formula is C27H32N6O4. The first-order valence-electron chi connectivity index (χ1n) is 12.2. The van der Waals surface area contributed by atoms with Crippen LogP contribution in [0.3, 0.4) is 0 Å². The molecule has 10 heteroatoms. The number of pyridine rings is 1. The van der Waals surface area contributed by atoms with Gasteiger partial charge in [0.25, 0.3) is 0 Å². The van der Waals surface area contributed by atoms with E-state index in [2.05, 4.69) is 27.6 Å². The monoisotopic (exact) mass is 504 g/mol. The van der Waals surface area contributed by atoms with Gasteiger partial charge in [-0.25, -0.2) is 9.78 Å². The van der Waals surface area contributed by atoms with Crippen molar-refractivity contribution in [3.05, 3.63) is 72.3 Å². The maximum Gasteiger partial charge on any atom is 0.356 e. The molecule has 10 nitrogen and oxygen atoms in total. The van der Waals surface area contributed by atoms with Crippen LogP contribution in [-0.4, -0.2) is 58.1 Å². The first-order valence-corrected chi connectivity index (χ1v) is 12.2. The van der Waals surface area contributed by atoms with Crippen LogP contribution in [0.25, 0.3) is 11.0 Å². The number of nitrogens with zero attached hydrogens (tertiary/aromatic N) is 4. The van der Waals surface area contributed by atoms with E-state index in [1.54, 1.807) is 24.1 Å². The highest BCUT2D eigenvalue weighted by atomic mass is 16.5. The lowest BCUT2D eigenvalue weighted by atomic mass is 10.1. The summed E-state index contributed by atoms with van der Waals surface area (Å²) < 4.78 is 14.0. The molecule has 3 aromatic heterocycles. The van der Waals surface area contributed by atoms with Crippen molar-refractivity contribution in [1.82, 2.24) is 19.3 Å². The number of rotatable bonds is 12. The molecule has 0 aliphatic carbocycles. The molecule has 1 amide bonds. The minimum absolute atomic E-state index is 0.134. The van der Waals surface area contributed by atoms with E-state index >= 15 is 0 Å². The minimum atomic E-state index is -0.564. The molecule has 0 fully saturated rings. The van der Waals surface area contributed by atoms with E-state index in [0.717, 1.165) is 24.2 Å². The lowest BCUT2D eigenvalue weighted by molar-refractivity contribution is -0.115. The van der Waals surface area contributed by atoms with E-state index in [9.17, 15) is 9.59 Å². The summed E-state index contributed by atoms with van der Waals surface area (Å²) in [6.07, 6.45) is 6.44. The largest absolute Gasteiger partial charge is 0.464 e. The third-order valence-corrected chi connectivity index (χ3v) is 6.03. The van der Waals surface area contributed by atoms with Gasteiger partial charge in [-0.3, -0.25) is 9.48 Å². The van der Waals surface area contributed by atoms with E-state index in [1.807, 2.05) is 53.3 Å². The summed E-state index contributed by atoms with van der Waals surface area (Å²) in [5, 5.41) is 11.3. The van der Waals surface area contributed by atoms with Crippen molar-refractivity contribution in [1.29, 1.82) is 0 Å². The van der Waals surface area contributed by atoms with Gasteiger partial charge in [0.05, 0.1) is 37.7 Å². The normalized spacial score (nSPS) is 11.9. The molecule has 1 atom stereocenters. The molecule has 0 saturated carbocycles. The molecule has 2 N–H and O–H groups in total. The molecule has 0 radical (unpaired) electrons. The fourth-order valence-corrected chi connectivity index (χ4v) is 4.22. The van der Waals surface area contributed by atoms with Gasteiger partial charge in [-0.1, -0.05) is 30.3 Å². The number of nitrogens with one attached hydrogen (secondary N) is 2. The number of aromatic nitrogens is 4. The van der Waals surface area contributed by atoms with Gasteiger partial charge in [0.1, 0.15) is 5.65 Å². The Morgan fingerprint density at radius 2 is 1.92 bits per heavy atom. The van der Waals surface area contributed by atoms with Crippen molar-refractivity contribution >= 4 is 34.3 Å². The topological polar surface area (TPSA) is 112 Å². The van der Waals surface area contributed by atoms with Gasteiger partial charge >= 0.3 is 5.97 Å². The van der Waals surface area contributed by atoms with E-state index in [-0.39, 0.29) is 24.1 Å². The van der Waals surface area contributed by atoms with Gasteiger partial charge in [-0.15, -0.1) is 0 Å². The standard InChI is InChI=1S/C27H32N6O4/c1-19(10-13-32-12-7-11-29-32)30-21-17-22-24(31-23(34)16-20-8-5-4-6-9-20)25(27(35)37-3)33(14-15-36-2)26(22)28-18-21/h4-9,11-12,17-19,30H,10,13-16H2,1-3H3,(H,31,34)/t19-/m0/s1. The Labute approximate surface area is 215 Å². The van der Waals surface area contributed by atoms with Crippen molar-refractivity contribution in [3.63, 3.8) is 0 Å². The van der Waals surface area contributed by atoms with Crippen molar-refractivity contribution in [2.75, 3.05) is 31.5 Å². The van der Waals surface area contributed by atoms with Crippen LogP contribution in [-0.2, 0) is 33.8 Å². The summed E-state index contributed by atoms with van der Waals surface area (Å²) >= 11 is 0. The first-order chi connectivity index (χ1) is 18.0. The minimum Gasteiger partial charge on any atom is -0.464 e. The predicted octanol–water partition coefficient (Wildman–Crippen LogP) is 3.74. The van der Waals surface area contributed by atoms with Crippen molar-refractivity contribution < 1.29 is 19.1 Å². The molecule has 3 heterocycles. The first kappa shape index (κ1) is 25.9.